The van der Waals surface area contributed by atoms with E-state index in [2.05, 4.69) is 9.97 Å². The molecular formula is C10H15N3O2. The van der Waals surface area contributed by atoms with Crippen LogP contribution in [-0.4, -0.2) is 34.8 Å². The summed E-state index contributed by atoms with van der Waals surface area (Å²) in [5, 5.41) is 8.89. The summed E-state index contributed by atoms with van der Waals surface area (Å²) >= 11 is 0. The highest BCUT2D eigenvalue weighted by molar-refractivity contribution is 5.40. The Bertz CT molecular complexity index is 396. The van der Waals surface area contributed by atoms with E-state index in [9.17, 15) is 4.79 Å². The normalized spacial score (nSPS) is 16.5. The van der Waals surface area contributed by atoms with Crippen molar-refractivity contribution in [2.24, 2.45) is 5.92 Å². The summed E-state index contributed by atoms with van der Waals surface area (Å²) in [7, 11) is 0. The van der Waals surface area contributed by atoms with Gasteiger partial charge < -0.3 is 15.0 Å². The van der Waals surface area contributed by atoms with Crippen LogP contribution in [0.2, 0.25) is 0 Å². The number of aryl methyl sites for hydroxylation is 1. The Morgan fingerprint density at radius 3 is 3.00 bits per heavy atom. The molecule has 0 aliphatic carbocycles. The van der Waals surface area contributed by atoms with Gasteiger partial charge in [0.15, 0.2) is 0 Å². The Kier molecular flexibility index (Phi) is 2.73. The van der Waals surface area contributed by atoms with Gasteiger partial charge in [0.1, 0.15) is 11.6 Å². The summed E-state index contributed by atoms with van der Waals surface area (Å²) < 4.78 is 0. The average molecular weight is 209 g/mol. The van der Waals surface area contributed by atoms with E-state index in [1.807, 2.05) is 11.8 Å². The number of aromatic amines is 1. The first-order valence-electron chi connectivity index (χ1n) is 5.19. The van der Waals surface area contributed by atoms with Gasteiger partial charge in [-0.2, -0.15) is 0 Å². The number of aliphatic hydroxyl groups is 1. The molecule has 1 aliphatic rings. The summed E-state index contributed by atoms with van der Waals surface area (Å²) in [4.78, 5) is 20.3. The maximum absolute atomic E-state index is 11.3. The lowest BCUT2D eigenvalue weighted by molar-refractivity contribution is 0.200. The van der Waals surface area contributed by atoms with E-state index in [-0.39, 0.29) is 12.2 Å². The molecule has 0 saturated carbocycles. The first kappa shape index (κ1) is 10.2. The molecule has 1 saturated heterocycles. The van der Waals surface area contributed by atoms with Gasteiger partial charge in [-0.25, -0.2) is 4.98 Å². The molecule has 1 aromatic rings. The maximum Gasteiger partial charge on any atom is 0.252 e. The van der Waals surface area contributed by atoms with E-state index in [4.69, 9.17) is 5.11 Å². The van der Waals surface area contributed by atoms with Crippen molar-refractivity contribution in [2.75, 3.05) is 24.6 Å². The Balaban J connectivity index is 2.15. The Hall–Kier alpha value is -1.36. The van der Waals surface area contributed by atoms with Crippen LogP contribution in [0.5, 0.6) is 0 Å². The smallest absolute Gasteiger partial charge is 0.252 e. The van der Waals surface area contributed by atoms with E-state index in [1.54, 1.807) is 0 Å². The molecule has 0 bridgehead atoms. The molecule has 1 fully saturated rings. The third-order valence-corrected chi connectivity index (χ3v) is 2.65. The second kappa shape index (κ2) is 4.02. The number of hydrogen-bond acceptors (Lipinski definition) is 4. The van der Waals surface area contributed by atoms with Crippen LogP contribution in [0.15, 0.2) is 10.9 Å². The molecular weight excluding hydrogens is 194 g/mol. The zero-order chi connectivity index (χ0) is 10.8. The van der Waals surface area contributed by atoms with Crippen LogP contribution in [0.4, 0.5) is 5.82 Å². The quantitative estimate of drug-likeness (QED) is 0.721. The van der Waals surface area contributed by atoms with E-state index < -0.39 is 0 Å². The number of aromatic nitrogens is 2. The molecule has 5 nitrogen and oxygen atoms in total. The van der Waals surface area contributed by atoms with Crippen molar-refractivity contribution in [3.8, 4) is 0 Å². The Morgan fingerprint density at radius 2 is 2.40 bits per heavy atom. The standard InChI is InChI=1S/C10H15N3O2/c1-2-8-11-9(3-10(15)12-8)13-4-7(5-13)6-14/h3,7,14H,2,4-6H2,1H3,(H,11,12,15). The SMILES string of the molecule is CCc1nc(N2CC(CO)C2)cc(=O)[nH]1. The average Bonchev–Trinajstić information content (AvgIpc) is 2.15. The first-order valence-corrected chi connectivity index (χ1v) is 5.19. The number of aliphatic hydroxyl groups excluding tert-OH is 1. The number of H-pyrrole nitrogens is 1. The van der Waals surface area contributed by atoms with Gasteiger partial charge in [0.05, 0.1) is 0 Å². The van der Waals surface area contributed by atoms with E-state index in [0.717, 1.165) is 25.3 Å². The van der Waals surface area contributed by atoms with Crippen molar-refractivity contribution in [1.82, 2.24) is 9.97 Å². The fourth-order valence-corrected chi connectivity index (χ4v) is 1.70. The van der Waals surface area contributed by atoms with Crippen LogP contribution < -0.4 is 10.5 Å². The second-order valence-corrected chi connectivity index (χ2v) is 3.86. The van der Waals surface area contributed by atoms with Crippen LogP contribution in [0.1, 0.15) is 12.7 Å². The fourth-order valence-electron chi connectivity index (χ4n) is 1.70. The molecule has 0 unspecified atom stereocenters. The van der Waals surface area contributed by atoms with Crippen LogP contribution in [0.25, 0.3) is 0 Å². The van der Waals surface area contributed by atoms with E-state index in [0.29, 0.717) is 11.7 Å². The van der Waals surface area contributed by atoms with E-state index in [1.165, 1.54) is 6.07 Å². The first-order chi connectivity index (χ1) is 7.22. The lowest BCUT2D eigenvalue weighted by atomic mass is 10.0. The lowest BCUT2D eigenvalue weighted by Crippen LogP contribution is -2.49. The van der Waals surface area contributed by atoms with E-state index >= 15 is 0 Å². The Labute approximate surface area is 87.8 Å². The van der Waals surface area contributed by atoms with Gasteiger partial charge in [-0.05, 0) is 0 Å². The van der Waals surface area contributed by atoms with Gasteiger partial charge in [-0.3, -0.25) is 4.79 Å². The minimum atomic E-state index is -0.107. The van der Waals surface area contributed by atoms with Crippen molar-refractivity contribution in [3.63, 3.8) is 0 Å². The van der Waals surface area contributed by atoms with Crippen LogP contribution >= 0.6 is 0 Å². The number of anilines is 1. The molecule has 0 amide bonds. The molecule has 2 rings (SSSR count). The minimum absolute atomic E-state index is 0.107. The molecule has 82 valence electrons. The van der Waals surface area contributed by atoms with Gasteiger partial charge in [0, 0.05) is 38.1 Å². The molecule has 0 radical (unpaired) electrons. The summed E-state index contributed by atoms with van der Waals surface area (Å²) in [6, 6.07) is 1.51. The number of rotatable bonds is 3. The minimum Gasteiger partial charge on any atom is -0.396 e. The highest BCUT2D eigenvalue weighted by Crippen LogP contribution is 2.20. The lowest BCUT2D eigenvalue weighted by Gasteiger charge is -2.39. The van der Waals surface area contributed by atoms with Crippen molar-refractivity contribution in [2.45, 2.75) is 13.3 Å². The largest absolute Gasteiger partial charge is 0.396 e. The maximum atomic E-state index is 11.3. The van der Waals surface area contributed by atoms with Gasteiger partial charge in [0.2, 0.25) is 0 Å². The summed E-state index contributed by atoms with van der Waals surface area (Å²) in [6.07, 6.45) is 0.723. The molecule has 2 heterocycles. The Morgan fingerprint density at radius 1 is 1.67 bits per heavy atom. The molecule has 0 spiro atoms. The van der Waals surface area contributed by atoms with Crippen molar-refractivity contribution in [1.29, 1.82) is 0 Å². The highest BCUT2D eigenvalue weighted by Gasteiger charge is 2.27. The van der Waals surface area contributed by atoms with Crippen molar-refractivity contribution < 1.29 is 5.11 Å². The predicted octanol–water partition coefficient (Wildman–Crippen LogP) is -0.239. The van der Waals surface area contributed by atoms with Gasteiger partial charge in [-0.1, -0.05) is 6.92 Å². The molecule has 15 heavy (non-hydrogen) atoms. The molecule has 5 heteroatoms. The predicted molar refractivity (Wildman–Crippen MR) is 57.0 cm³/mol. The fraction of sp³-hybridized carbons (Fsp3) is 0.600. The van der Waals surface area contributed by atoms with Crippen molar-refractivity contribution in [3.05, 3.63) is 22.2 Å². The van der Waals surface area contributed by atoms with Gasteiger partial charge in [0.25, 0.3) is 5.56 Å². The molecule has 2 N–H and O–H groups in total. The summed E-state index contributed by atoms with van der Waals surface area (Å²) in [6.45, 7) is 3.74. The van der Waals surface area contributed by atoms with Crippen LogP contribution in [0.3, 0.4) is 0 Å². The highest BCUT2D eigenvalue weighted by atomic mass is 16.3. The van der Waals surface area contributed by atoms with Gasteiger partial charge >= 0.3 is 0 Å². The summed E-state index contributed by atoms with van der Waals surface area (Å²) in [5.74, 6) is 1.77. The third-order valence-electron chi connectivity index (χ3n) is 2.65. The van der Waals surface area contributed by atoms with Crippen LogP contribution in [-0.2, 0) is 6.42 Å². The van der Waals surface area contributed by atoms with Crippen molar-refractivity contribution >= 4 is 5.82 Å². The second-order valence-electron chi connectivity index (χ2n) is 3.86. The molecule has 0 aromatic carbocycles. The van der Waals surface area contributed by atoms with Gasteiger partial charge in [-0.15, -0.1) is 0 Å². The number of nitrogens with zero attached hydrogens (tertiary/aromatic N) is 2. The monoisotopic (exact) mass is 209 g/mol. The van der Waals surface area contributed by atoms with Crippen LogP contribution in [0, 0.1) is 5.92 Å². The topological polar surface area (TPSA) is 69.2 Å². The molecule has 1 aromatic heterocycles. The molecule has 1 aliphatic heterocycles. The zero-order valence-electron chi connectivity index (χ0n) is 8.73. The third kappa shape index (κ3) is 2.02. The summed E-state index contributed by atoms with van der Waals surface area (Å²) in [5.41, 5.74) is -0.107. The number of nitrogens with one attached hydrogen (secondary N) is 1. The molecule has 0 atom stereocenters. The number of hydrogen-bond donors (Lipinski definition) is 2. The zero-order valence-corrected chi connectivity index (χ0v) is 8.73.